The van der Waals surface area contributed by atoms with Crippen molar-refractivity contribution in [3.05, 3.63) is 59.2 Å². The zero-order valence-corrected chi connectivity index (χ0v) is 17.3. The molecule has 0 saturated carbocycles. The summed E-state index contributed by atoms with van der Waals surface area (Å²) in [5.74, 6) is 1.50. The number of nitrogens with zero attached hydrogens (tertiary/aromatic N) is 2. The minimum Gasteiger partial charge on any atom is -0.497 e. The molecule has 0 unspecified atom stereocenters. The standard InChI is InChI=1S/C23H28N2O4/c1-17-4-7-21(14-18(17)2)29-16-23(27)25-12-10-24(11-13-25)22(26)15-19-5-8-20(28-3)9-6-19/h4-9,14H,10-13,15-16H2,1-3H3. The van der Waals surface area contributed by atoms with E-state index in [4.69, 9.17) is 9.47 Å². The summed E-state index contributed by atoms with van der Waals surface area (Å²) in [6, 6.07) is 13.3. The van der Waals surface area contributed by atoms with Crippen molar-refractivity contribution >= 4 is 11.8 Å². The van der Waals surface area contributed by atoms with Crippen LogP contribution in [-0.2, 0) is 16.0 Å². The van der Waals surface area contributed by atoms with Crippen LogP contribution in [0.4, 0.5) is 0 Å². The number of amides is 2. The van der Waals surface area contributed by atoms with Crippen LogP contribution < -0.4 is 9.47 Å². The first kappa shape index (κ1) is 20.7. The minimum atomic E-state index is -0.0505. The summed E-state index contributed by atoms with van der Waals surface area (Å²) >= 11 is 0. The Morgan fingerprint density at radius 2 is 1.41 bits per heavy atom. The number of hydrogen-bond donors (Lipinski definition) is 0. The van der Waals surface area contributed by atoms with Crippen molar-refractivity contribution in [3.63, 3.8) is 0 Å². The van der Waals surface area contributed by atoms with Crippen LogP contribution >= 0.6 is 0 Å². The number of methoxy groups -OCH3 is 1. The Bertz CT molecular complexity index is 856. The predicted octanol–water partition coefficient (Wildman–Crippen LogP) is 2.60. The molecule has 0 radical (unpaired) electrons. The second kappa shape index (κ2) is 9.45. The highest BCUT2D eigenvalue weighted by atomic mass is 16.5. The van der Waals surface area contributed by atoms with Gasteiger partial charge in [0, 0.05) is 26.2 Å². The Morgan fingerprint density at radius 1 is 0.828 bits per heavy atom. The van der Waals surface area contributed by atoms with E-state index in [0.717, 1.165) is 16.9 Å². The molecule has 1 aliphatic heterocycles. The van der Waals surface area contributed by atoms with E-state index >= 15 is 0 Å². The van der Waals surface area contributed by atoms with E-state index in [0.29, 0.717) is 38.3 Å². The van der Waals surface area contributed by atoms with Gasteiger partial charge in [0.25, 0.3) is 5.91 Å². The molecule has 0 spiro atoms. The average molecular weight is 396 g/mol. The molecule has 2 aromatic rings. The summed E-state index contributed by atoms with van der Waals surface area (Å²) in [5, 5.41) is 0. The van der Waals surface area contributed by atoms with Crippen LogP contribution in [0.25, 0.3) is 0 Å². The second-order valence-electron chi connectivity index (χ2n) is 7.32. The van der Waals surface area contributed by atoms with Crippen LogP contribution in [0.1, 0.15) is 16.7 Å². The molecule has 6 heteroatoms. The molecule has 1 heterocycles. The summed E-state index contributed by atoms with van der Waals surface area (Å²) in [4.78, 5) is 28.6. The summed E-state index contributed by atoms with van der Waals surface area (Å²) in [6.07, 6.45) is 0.355. The van der Waals surface area contributed by atoms with Crippen molar-refractivity contribution in [3.8, 4) is 11.5 Å². The molecule has 6 nitrogen and oxygen atoms in total. The van der Waals surface area contributed by atoms with E-state index < -0.39 is 0 Å². The van der Waals surface area contributed by atoms with E-state index in [1.54, 1.807) is 12.0 Å². The normalized spacial score (nSPS) is 13.9. The third-order valence-corrected chi connectivity index (χ3v) is 5.34. The SMILES string of the molecule is COc1ccc(CC(=O)N2CCN(C(=O)COc3ccc(C)c(C)c3)CC2)cc1. The minimum absolute atomic E-state index is 0.0162. The lowest BCUT2D eigenvalue weighted by Gasteiger charge is -2.34. The summed E-state index contributed by atoms with van der Waals surface area (Å²) in [7, 11) is 1.62. The van der Waals surface area contributed by atoms with Crippen molar-refractivity contribution in [2.45, 2.75) is 20.3 Å². The zero-order valence-electron chi connectivity index (χ0n) is 17.3. The van der Waals surface area contributed by atoms with E-state index in [-0.39, 0.29) is 18.4 Å². The van der Waals surface area contributed by atoms with Gasteiger partial charge in [-0.25, -0.2) is 0 Å². The van der Waals surface area contributed by atoms with Crippen molar-refractivity contribution in [1.82, 2.24) is 9.80 Å². The van der Waals surface area contributed by atoms with Crippen LogP contribution in [0.2, 0.25) is 0 Å². The number of aryl methyl sites for hydroxylation is 2. The van der Waals surface area contributed by atoms with Gasteiger partial charge in [-0.15, -0.1) is 0 Å². The summed E-state index contributed by atoms with van der Waals surface area (Å²) in [5.41, 5.74) is 3.29. The molecule has 1 aliphatic rings. The fourth-order valence-electron chi connectivity index (χ4n) is 3.28. The van der Waals surface area contributed by atoms with Crippen molar-refractivity contribution in [2.24, 2.45) is 0 Å². The number of hydrogen-bond acceptors (Lipinski definition) is 4. The number of ether oxygens (including phenoxy) is 2. The van der Waals surface area contributed by atoms with Crippen LogP contribution in [-0.4, -0.2) is 61.5 Å². The first-order chi connectivity index (χ1) is 14.0. The van der Waals surface area contributed by atoms with Gasteiger partial charge in [0.15, 0.2) is 6.61 Å². The molecule has 2 amide bonds. The predicted molar refractivity (Wildman–Crippen MR) is 111 cm³/mol. The lowest BCUT2D eigenvalue weighted by Crippen LogP contribution is -2.52. The molecule has 0 N–H and O–H groups in total. The first-order valence-electron chi connectivity index (χ1n) is 9.85. The van der Waals surface area contributed by atoms with Gasteiger partial charge in [-0.2, -0.15) is 0 Å². The Labute approximate surface area is 172 Å². The van der Waals surface area contributed by atoms with Gasteiger partial charge < -0.3 is 19.3 Å². The van der Waals surface area contributed by atoms with E-state index in [1.807, 2.05) is 61.2 Å². The van der Waals surface area contributed by atoms with Gasteiger partial charge in [-0.3, -0.25) is 9.59 Å². The second-order valence-corrected chi connectivity index (χ2v) is 7.32. The van der Waals surface area contributed by atoms with Gasteiger partial charge in [-0.05, 0) is 54.8 Å². The van der Waals surface area contributed by atoms with Gasteiger partial charge >= 0.3 is 0 Å². The van der Waals surface area contributed by atoms with Crippen molar-refractivity contribution in [1.29, 1.82) is 0 Å². The molecule has 29 heavy (non-hydrogen) atoms. The molecule has 0 bridgehead atoms. The number of piperazine rings is 1. The molecule has 0 aliphatic carbocycles. The fourth-order valence-corrected chi connectivity index (χ4v) is 3.28. The molecule has 2 aromatic carbocycles. The number of carbonyl (C=O) groups excluding carboxylic acids is 2. The first-order valence-corrected chi connectivity index (χ1v) is 9.85. The zero-order chi connectivity index (χ0) is 20.8. The van der Waals surface area contributed by atoms with Crippen molar-refractivity contribution in [2.75, 3.05) is 39.9 Å². The highest BCUT2D eigenvalue weighted by Gasteiger charge is 2.24. The molecule has 3 rings (SSSR count). The Morgan fingerprint density at radius 3 is 2.00 bits per heavy atom. The van der Waals surface area contributed by atoms with Crippen LogP contribution in [0, 0.1) is 13.8 Å². The third-order valence-electron chi connectivity index (χ3n) is 5.34. The van der Waals surface area contributed by atoms with Crippen LogP contribution in [0.15, 0.2) is 42.5 Å². The van der Waals surface area contributed by atoms with Gasteiger partial charge in [0.05, 0.1) is 13.5 Å². The maximum atomic E-state index is 12.5. The maximum Gasteiger partial charge on any atom is 0.260 e. The lowest BCUT2D eigenvalue weighted by atomic mass is 10.1. The third kappa shape index (κ3) is 5.50. The Kier molecular flexibility index (Phi) is 6.75. The Hall–Kier alpha value is -3.02. The average Bonchev–Trinajstić information content (AvgIpc) is 2.75. The van der Waals surface area contributed by atoms with Gasteiger partial charge in [0.2, 0.25) is 5.91 Å². The molecule has 0 aromatic heterocycles. The van der Waals surface area contributed by atoms with Gasteiger partial charge in [-0.1, -0.05) is 18.2 Å². The Balaban J connectivity index is 1.44. The van der Waals surface area contributed by atoms with E-state index in [9.17, 15) is 9.59 Å². The van der Waals surface area contributed by atoms with E-state index in [2.05, 4.69) is 0 Å². The molecular formula is C23H28N2O4. The molecule has 1 fully saturated rings. The molecule has 1 saturated heterocycles. The smallest absolute Gasteiger partial charge is 0.260 e. The largest absolute Gasteiger partial charge is 0.497 e. The topological polar surface area (TPSA) is 59.1 Å². The molecule has 0 atom stereocenters. The fraction of sp³-hybridized carbons (Fsp3) is 0.391. The quantitative estimate of drug-likeness (QED) is 0.753. The van der Waals surface area contributed by atoms with Crippen LogP contribution in [0.5, 0.6) is 11.5 Å². The van der Waals surface area contributed by atoms with E-state index in [1.165, 1.54) is 5.56 Å². The highest BCUT2D eigenvalue weighted by molar-refractivity contribution is 5.80. The summed E-state index contributed by atoms with van der Waals surface area (Å²) in [6.45, 7) is 6.23. The lowest BCUT2D eigenvalue weighted by molar-refractivity contribution is -0.140. The monoisotopic (exact) mass is 396 g/mol. The maximum absolute atomic E-state index is 12.5. The molecule has 154 valence electrons. The number of benzene rings is 2. The van der Waals surface area contributed by atoms with Gasteiger partial charge in [0.1, 0.15) is 11.5 Å². The van der Waals surface area contributed by atoms with Crippen molar-refractivity contribution < 1.29 is 19.1 Å². The highest BCUT2D eigenvalue weighted by Crippen LogP contribution is 2.17. The number of carbonyl (C=O) groups is 2. The molecular weight excluding hydrogens is 368 g/mol. The van der Waals surface area contributed by atoms with Crippen LogP contribution in [0.3, 0.4) is 0 Å². The number of rotatable bonds is 6. The summed E-state index contributed by atoms with van der Waals surface area (Å²) < 4.78 is 10.8.